The van der Waals surface area contributed by atoms with Gasteiger partial charge in [-0.15, -0.1) is 0 Å². The molecule has 2 aromatic rings. The van der Waals surface area contributed by atoms with Crippen LogP contribution in [-0.2, 0) is 9.59 Å². The molecule has 0 saturated carbocycles. The molecule has 2 aliphatic rings. The third-order valence-electron chi connectivity index (χ3n) is 6.54. The third kappa shape index (κ3) is 5.48. The number of hydrogen-bond acceptors (Lipinski definition) is 5. The predicted octanol–water partition coefficient (Wildman–Crippen LogP) is 1.25. The minimum absolute atomic E-state index is 0.0724. The van der Waals surface area contributed by atoms with E-state index in [1.165, 1.54) is 28.0 Å². The summed E-state index contributed by atoms with van der Waals surface area (Å²) in [6, 6.07) is 10.7. The summed E-state index contributed by atoms with van der Waals surface area (Å²) in [5.41, 5.74) is 1.51. The van der Waals surface area contributed by atoms with Crippen LogP contribution in [0.5, 0.6) is 0 Å². The van der Waals surface area contributed by atoms with Crippen LogP contribution in [0.2, 0.25) is 0 Å². The lowest BCUT2D eigenvalue weighted by atomic mass is 10.0. The number of rotatable bonds is 5. The van der Waals surface area contributed by atoms with Crippen molar-refractivity contribution in [1.29, 1.82) is 0 Å². The van der Waals surface area contributed by atoms with Crippen molar-refractivity contribution in [2.24, 2.45) is 0 Å². The van der Waals surface area contributed by atoms with Crippen molar-refractivity contribution in [3.8, 4) is 0 Å². The molecule has 9 nitrogen and oxygen atoms in total. The molecule has 190 valence electrons. The normalized spacial score (nSPS) is 19.9. The molecule has 0 spiro atoms. The van der Waals surface area contributed by atoms with Crippen molar-refractivity contribution in [3.05, 3.63) is 65.5 Å². The Hall–Kier alpha value is -3.95. The van der Waals surface area contributed by atoms with Gasteiger partial charge in [-0.2, -0.15) is 0 Å². The highest BCUT2D eigenvalue weighted by Crippen LogP contribution is 2.20. The summed E-state index contributed by atoms with van der Waals surface area (Å²) < 4.78 is 13.7. The van der Waals surface area contributed by atoms with Crippen molar-refractivity contribution in [2.75, 3.05) is 45.2 Å². The lowest BCUT2D eigenvalue weighted by Gasteiger charge is -2.41. The number of benzene rings is 2. The van der Waals surface area contributed by atoms with Gasteiger partial charge in [-0.05, 0) is 55.3 Å². The second kappa shape index (κ2) is 10.8. The fraction of sp³-hybridized carbons (Fsp3) is 0.385. The van der Waals surface area contributed by atoms with E-state index in [2.05, 4.69) is 10.6 Å². The maximum absolute atomic E-state index is 13.7. The summed E-state index contributed by atoms with van der Waals surface area (Å²) in [6.45, 7) is 0.782. The number of amides is 4. The van der Waals surface area contributed by atoms with E-state index in [0.717, 1.165) is 18.2 Å². The van der Waals surface area contributed by atoms with Crippen LogP contribution < -0.4 is 15.5 Å². The number of nitrogens with zero attached hydrogens (tertiary/aromatic N) is 3. The molecule has 2 atom stereocenters. The molecule has 4 amide bonds. The van der Waals surface area contributed by atoms with Crippen LogP contribution in [0.1, 0.15) is 33.6 Å². The topological polar surface area (TPSA) is 102 Å². The lowest BCUT2D eigenvalue weighted by molar-refractivity contribution is -0.133. The molecule has 10 heteroatoms. The SMILES string of the molecule is CN(C)c1ccc(C(=O)N2CCN(C(=O)c3cccc(F)c3)CC2C(=O)NC2CCCNC2=O)cc1. The van der Waals surface area contributed by atoms with Crippen molar-refractivity contribution < 1.29 is 23.6 Å². The molecule has 0 radical (unpaired) electrons. The molecule has 2 aliphatic heterocycles. The Kier molecular flexibility index (Phi) is 7.52. The van der Waals surface area contributed by atoms with E-state index in [-0.39, 0.29) is 37.0 Å². The number of hydrogen-bond donors (Lipinski definition) is 2. The average molecular weight is 496 g/mol. The molecule has 0 aromatic heterocycles. The van der Waals surface area contributed by atoms with Crippen molar-refractivity contribution in [3.63, 3.8) is 0 Å². The Morgan fingerprint density at radius 3 is 2.44 bits per heavy atom. The van der Waals surface area contributed by atoms with Crippen LogP contribution in [-0.4, -0.2) is 85.8 Å². The van der Waals surface area contributed by atoms with Crippen LogP contribution in [0.4, 0.5) is 10.1 Å². The van der Waals surface area contributed by atoms with Gasteiger partial charge in [0.25, 0.3) is 11.8 Å². The van der Waals surface area contributed by atoms with Crippen LogP contribution in [0.3, 0.4) is 0 Å². The summed E-state index contributed by atoms with van der Waals surface area (Å²) in [7, 11) is 3.79. The average Bonchev–Trinajstić information content (AvgIpc) is 2.89. The smallest absolute Gasteiger partial charge is 0.254 e. The lowest BCUT2D eigenvalue weighted by Crippen LogP contribution is -2.63. The number of nitrogens with one attached hydrogen (secondary N) is 2. The second-order valence-corrected chi connectivity index (χ2v) is 9.21. The Labute approximate surface area is 209 Å². The van der Waals surface area contributed by atoms with Crippen LogP contribution in [0.15, 0.2) is 48.5 Å². The highest BCUT2D eigenvalue weighted by molar-refractivity contribution is 6.00. The van der Waals surface area contributed by atoms with Gasteiger partial charge in [0.15, 0.2) is 0 Å². The Morgan fingerprint density at radius 2 is 1.78 bits per heavy atom. The van der Waals surface area contributed by atoms with E-state index >= 15 is 0 Å². The van der Waals surface area contributed by atoms with Gasteiger partial charge in [0.05, 0.1) is 6.54 Å². The molecule has 0 aliphatic carbocycles. The summed E-state index contributed by atoms with van der Waals surface area (Å²) in [6.07, 6.45) is 1.22. The third-order valence-corrected chi connectivity index (χ3v) is 6.54. The van der Waals surface area contributed by atoms with Gasteiger partial charge < -0.3 is 25.3 Å². The summed E-state index contributed by atoms with van der Waals surface area (Å²) in [5, 5.41) is 5.49. The molecule has 2 aromatic carbocycles. The van der Waals surface area contributed by atoms with Gasteiger partial charge in [0.1, 0.15) is 17.9 Å². The molecule has 36 heavy (non-hydrogen) atoms. The molecular weight excluding hydrogens is 465 g/mol. The number of carbonyl (C=O) groups is 4. The number of anilines is 1. The maximum atomic E-state index is 13.7. The van der Waals surface area contributed by atoms with Crippen LogP contribution >= 0.6 is 0 Å². The first kappa shape index (κ1) is 25.2. The zero-order valence-electron chi connectivity index (χ0n) is 20.4. The van der Waals surface area contributed by atoms with Gasteiger partial charge in [-0.25, -0.2) is 4.39 Å². The predicted molar refractivity (Wildman–Crippen MR) is 132 cm³/mol. The van der Waals surface area contributed by atoms with E-state index < -0.39 is 29.7 Å². The van der Waals surface area contributed by atoms with Gasteiger partial charge in [-0.3, -0.25) is 19.2 Å². The standard InChI is InChI=1S/C26H30FN5O4/c1-30(2)20-10-8-17(9-11-20)26(36)32-14-13-31(25(35)18-5-3-6-19(27)15-18)16-22(32)24(34)29-21-7-4-12-28-23(21)33/h3,5-6,8-11,15,21-22H,4,7,12-14,16H2,1-2H3,(H,28,33)(H,29,34). The minimum Gasteiger partial charge on any atom is -0.378 e. The Bertz CT molecular complexity index is 1150. The largest absolute Gasteiger partial charge is 0.378 e. The number of piperidine rings is 1. The fourth-order valence-corrected chi connectivity index (χ4v) is 4.48. The summed E-state index contributed by atoms with van der Waals surface area (Å²) in [4.78, 5) is 56.9. The summed E-state index contributed by atoms with van der Waals surface area (Å²) in [5.74, 6) is -2.08. The van der Waals surface area contributed by atoms with E-state index in [9.17, 15) is 23.6 Å². The maximum Gasteiger partial charge on any atom is 0.254 e. The van der Waals surface area contributed by atoms with Crippen molar-refractivity contribution in [2.45, 2.75) is 24.9 Å². The van der Waals surface area contributed by atoms with Crippen LogP contribution in [0, 0.1) is 5.82 Å². The van der Waals surface area contributed by atoms with E-state index in [1.54, 1.807) is 12.1 Å². The monoisotopic (exact) mass is 495 g/mol. The first-order valence-corrected chi connectivity index (χ1v) is 12.0. The molecule has 2 heterocycles. The Morgan fingerprint density at radius 1 is 1.03 bits per heavy atom. The van der Waals surface area contributed by atoms with Gasteiger partial charge in [0.2, 0.25) is 11.8 Å². The molecule has 4 rings (SSSR count). The molecule has 2 saturated heterocycles. The number of carbonyl (C=O) groups excluding carboxylic acids is 4. The van der Waals surface area contributed by atoms with E-state index in [0.29, 0.717) is 18.5 Å². The van der Waals surface area contributed by atoms with E-state index in [4.69, 9.17) is 0 Å². The highest BCUT2D eigenvalue weighted by Gasteiger charge is 2.39. The molecule has 2 N–H and O–H groups in total. The first-order valence-electron chi connectivity index (χ1n) is 12.0. The minimum atomic E-state index is -1.01. The van der Waals surface area contributed by atoms with Crippen molar-refractivity contribution in [1.82, 2.24) is 20.4 Å². The quantitative estimate of drug-likeness (QED) is 0.650. The Balaban J connectivity index is 1.57. The van der Waals surface area contributed by atoms with Gasteiger partial charge in [-0.1, -0.05) is 6.07 Å². The number of halogens is 1. The van der Waals surface area contributed by atoms with Gasteiger partial charge in [0, 0.05) is 50.5 Å². The highest BCUT2D eigenvalue weighted by atomic mass is 19.1. The van der Waals surface area contributed by atoms with Crippen molar-refractivity contribution >= 4 is 29.3 Å². The molecule has 0 bridgehead atoms. The summed E-state index contributed by atoms with van der Waals surface area (Å²) >= 11 is 0. The fourth-order valence-electron chi connectivity index (χ4n) is 4.48. The molecular formula is C26H30FN5O4. The van der Waals surface area contributed by atoms with Gasteiger partial charge >= 0.3 is 0 Å². The second-order valence-electron chi connectivity index (χ2n) is 9.21. The van der Waals surface area contributed by atoms with Crippen LogP contribution in [0.25, 0.3) is 0 Å². The van der Waals surface area contributed by atoms with E-state index in [1.807, 2.05) is 31.1 Å². The molecule has 2 fully saturated rings. The first-order chi connectivity index (χ1) is 17.2. The number of piperazine rings is 1. The molecule has 2 unspecified atom stereocenters. The zero-order chi connectivity index (χ0) is 25.8. The zero-order valence-corrected chi connectivity index (χ0v) is 20.4.